The van der Waals surface area contributed by atoms with Crippen LogP contribution in [0.3, 0.4) is 0 Å². The van der Waals surface area contributed by atoms with Gasteiger partial charge in [-0.1, -0.05) is 12.7 Å². The van der Waals surface area contributed by atoms with Crippen LogP contribution in [0.5, 0.6) is 6.01 Å². The van der Waals surface area contributed by atoms with Crippen molar-refractivity contribution < 1.29 is 4.74 Å². The van der Waals surface area contributed by atoms with E-state index in [1.165, 1.54) is 6.42 Å². The normalized spacial score (nSPS) is 15.7. The summed E-state index contributed by atoms with van der Waals surface area (Å²) >= 11 is 5.85. The average Bonchev–Trinajstić information content (AvgIpc) is 2.37. The third kappa shape index (κ3) is 3.30. The van der Waals surface area contributed by atoms with E-state index in [-0.39, 0.29) is 11.3 Å². The molecule has 2 heterocycles. The first-order chi connectivity index (χ1) is 8.29. The zero-order valence-electron chi connectivity index (χ0n) is 9.60. The molecule has 0 N–H and O–H groups in total. The zero-order valence-corrected chi connectivity index (χ0v) is 10.4. The lowest BCUT2D eigenvalue weighted by Crippen LogP contribution is -2.31. The molecule has 1 fully saturated rings. The summed E-state index contributed by atoms with van der Waals surface area (Å²) < 4.78 is 5.28. The van der Waals surface area contributed by atoms with Crippen LogP contribution in [0.1, 0.15) is 19.3 Å². The number of aromatic nitrogens is 3. The predicted octanol–water partition coefficient (Wildman–Crippen LogP) is 2.08. The largest absolute Gasteiger partial charge is 0.459 e. The van der Waals surface area contributed by atoms with Crippen LogP contribution >= 0.6 is 11.6 Å². The highest BCUT2D eigenvalue weighted by atomic mass is 35.5. The average molecular weight is 255 g/mol. The molecule has 1 aromatic heterocycles. The van der Waals surface area contributed by atoms with Gasteiger partial charge in [0.05, 0.1) is 0 Å². The predicted molar refractivity (Wildman–Crippen MR) is 66.6 cm³/mol. The first kappa shape index (κ1) is 12.1. The molecule has 1 aromatic rings. The van der Waals surface area contributed by atoms with Gasteiger partial charge in [0.15, 0.2) is 0 Å². The second kappa shape index (κ2) is 5.82. The minimum atomic E-state index is 0.166. The lowest BCUT2D eigenvalue weighted by molar-refractivity contribution is 0.331. The SMILES string of the molecule is C=CCOc1nc(Cl)nc(N2CCCCC2)n1. The number of anilines is 1. The first-order valence-corrected chi connectivity index (χ1v) is 6.07. The fourth-order valence-corrected chi connectivity index (χ4v) is 1.90. The van der Waals surface area contributed by atoms with Crippen LogP contribution in [0, 0.1) is 0 Å². The van der Waals surface area contributed by atoms with Gasteiger partial charge in [0.1, 0.15) is 6.61 Å². The van der Waals surface area contributed by atoms with Crippen molar-refractivity contribution in [3.8, 4) is 6.01 Å². The number of nitrogens with zero attached hydrogens (tertiary/aromatic N) is 4. The Morgan fingerprint density at radius 2 is 2.00 bits per heavy atom. The van der Waals surface area contributed by atoms with Gasteiger partial charge in [-0.25, -0.2) is 0 Å². The van der Waals surface area contributed by atoms with E-state index >= 15 is 0 Å². The monoisotopic (exact) mass is 254 g/mol. The highest BCUT2D eigenvalue weighted by Gasteiger charge is 2.15. The Hall–Kier alpha value is -1.36. The molecule has 0 saturated carbocycles. The van der Waals surface area contributed by atoms with Gasteiger partial charge >= 0.3 is 6.01 Å². The fourth-order valence-electron chi connectivity index (χ4n) is 1.76. The van der Waals surface area contributed by atoms with Crippen LogP contribution in [0.4, 0.5) is 5.95 Å². The molecule has 6 heteroatoms. The zero-order chi connectivity index (χ0) is 12.1. The van der Waals surface area contributed by atoms with Crippen molar-refractivity contribution in [3.05, 3.63) is 17.9 Å². The van der Waals surface area contributed by atoms with Crippen LogP contribution in [0.25, 0.3) is 0 Å². The summed E-state index contributed by atoms with van der Waals surface area (Å²) in [6.45, 7) is 5.85. The van der Waals surface area contributed by atoms with E-state index in [0.717, 1.165) is 25.9 Å². The van der Waals surface area contributed by atoms with Gasteiger partial charge in [0.25, 0.3) is 0 Å². The third-order valence-corrected chi connectivity index (χ3v) is 2.71. The molecule has 0 unspecified atom stereocenters. The Bertz CT molecular complexity index is 393. The summed E-state index contributed by atoms with van der Waals surface area (Å²) in [7, 11) is 0. The molecule has 1 saturated heterocycles. The molecule has 0 aliphatic carbocycles. The molecule has 0 atom stereocenters. The van der Waals surface area contributed by atoms with Gasteiger partial charge in [0.2, 0.25) is 11.2 Å². The number of rotatable bonds is 4. The number of ether oxygens (including phenoxy) is 1. The fraction of sp³-hybridized carbons (Fsp3) is 0.545. The summed E-state index contributed by atoms with van der Waals surface area (Å²) in [5, 5.41) is 0.166. The quantitative estimate of drug-likeness (QED) is 0.770. The van der Waals surface area contributed by atoms with E-state index < -0.39 is 0 Å². The molecule has 0 amide bonds. The summed E-state index contributed by atoms with van der Waals surface area (Å²) in [4.78, 5) is 14.4. The minimum Gasteiger partial charge on any atom is -0.459 e. The van der Waals surface area contributed by atoms with E-state index in [1.54, 1.807) is 6.08 Å². The van der Waals surface area contributed by atoms with Crippen molar-refractivity contribution in [1.82, 2.24) is 15.0 Å². The number of hydrogen-bond donors (Lipinski definition) is 0. The first-order valence-electron chi connectivity index (χ1n) is 5.70. The molecule has 0 bridgehead atoms. The topological polar surface area (TPSA) is 51.1 Å². The van der Waals surface area contributed by atoms with Crippen LogP contribution in [0.2, 0.25) is 5.28 Å². The molecule has 0 radical (unpaired) electrons. The van der Waals surface area contributed by atoms with E-state index in [1.807, 2.05) is 0 Å². The smallest absolute Gasteiger partial charge is 0.322 e. The summed E-state index contributed by atoms with van der Waals surface area (Å²) in [5.41, 5.74) is 0. The van der Waals surface area contributed by atoms with Crippen LogP contribution in [0.15, 0.2) is 12.7 Å². The summed E-state index contributed by atoms with van der Waals surface area (Å²) in [6.07, 6.45) is 5.21. The lowest BCUT2D eigenvalue weighted by Gasteiger charge is -2.26. The van der Waals surface area contributed by atoms with Crippen molar-refractivity contribution in [3.63, 3.8) is 0 Å². The van der Waals surface area contributed by atoms with Crippen LogP contribution in [-0.2, 0) is 0 Å². The van der Waals surface area contributed by atoms with Crippen LogP contribution < -0.4 is 9.64 Å². The highest BCUT2D eigenvalue weighted by molar-refractivity contribution is 6.28. The van der Waals surface area contributed by atoms with Crippen LogP contribution in [-0.4, -0.2) is 34.6 Å². The molecule has 0 aromatic carbocycles. The third-order valence-electron chi connectivity index (χ3n) is 2.54. The molecule has 92 valence electrons. The maximum Gasteiger partial charge on any atom is 0.322 e. The van der Waals surface area contributed by atoms with E-state index in [9.17, 15) is 0 Å². The number of hydrogen-bond acceptors (Lipinski definition) is 5. The molecule has 0 spiro atoms. The number of halogens is 1. The van der Waals surface area contributed by atoms with Gasteiger partial charge in [-0.05, 0) is 30.9 Å². The summed E-state index contributed by atoms with van der Waals surface area (Å²) in [6, 6.07) is 0.255. The standard InChI is InChI=1S/C11H15ClN4O/c1-2-8-17-11-14-9(12)13-10(15-11)16-6-4-3-5-7-16/h2H,1,3-8H2. The van der Waals surface area contributed by atoms with E-state index in [2.05, 4.69) is 26.4 Å². The Labute approximate surface area is 105 Å². The molecule has 17 heavy (non-hydrogen) atoms. The van der Waals surface area contributed by atoms with Gasteiger partial charge in [-0.2, -0.15) is 15.0 Å². The molecular weight excluding hydrogens is 240 g/mol. The Balaban J connectivity index is 2.14. The maximum absolute atomic E-state index is 5.85. The Morgan fingerprint density at radius 1 is 1.24 bits per heavy atom. The molecule has 5 nitrogen and oxygen atoms in total. The highest BCUT2D eigenvalue weighted by Crippen LogP contribution is 2.19. The second-order valence-electron chi connectivity index (χ2n) is 3.83. The van der Waals surface area contributed by atoms with Gasteiger partial charge < -0.3 is 9.64 Å². The van der Waals surface area contributed by atoms with Crippen molar-refractivity contribution in [1.29, 1.82) is 0 Å². The second-order valence-corrected chi connectivity index (χ2v) is 4.17. The molecule has 2 rings (SSSR count). The Morgan fingerprint density at radius 3 is 2.71 bits per heavy atom. The van der Waals surface area contributed by atoms with Crippen molar-refractivity contribution in [2.45, 2.75) is 19.3 Å². The summed E-state index contributed by atoms with van der Waals surface area (Å²) in [5.74, 6) is 0.601. The minimum absolute atomic E-state index is 0.166. The van der Waals surface area contributed by atoms with Gasteiger partial charge in [-0.3, -0.25) is 0 Å². The van der Waals surface area contributed by atoms with Gasteiger partial charge in [0, 0.05) is 13.1 Å². The van der Waals surface area contributed by atoms with E-state index in [4.69, 9.17) is 16.3 Å². The molecule has 1 aliphatic rings. The molecule has 1 aliphatic heterocycles. The molecular formula is C11H15ClN4O. The van der Waals surface area contributed by atoms with Gasteiger partial charge in [-0.15, -0.1) is 0 Å². The Kier molecular flexibility index (Phi) is 4.14. The lowest BCUT2D eigenvalue weighted by atomic mass is 10.1. The van der Waals surface area contributed by atoms with E-state index in [0.29, 0.717) is 12.6 Å². The van der Waals surface area contributed by atoms with Crippen molar-refractivity contribution >= 4 is 17.5 Å². The van der Waals surface area contributed by atoms with Crippen molar-refractivity contribution in [2.24, 2.45) is 0 Å². The number of piperidine rings is 1. The van der Waals surface area contributed by atoms with Crippen molar-refractivity contribution in [2.75, 3.05) is 24.6 Å². The maximum atomic E-state index is 5.85.